The second-order valence-electron chi connectivity index (χ2n) is 6.66. The quantitative estimate of drug-likeness (QED) is 0.558. The summed E-state index contributed by atoms with van der Waals surface area (Å²) < 4.78 is 5.54. The molecule has 144 valence electrons. The molecule has 0 radical (unpaired) electrons. The van der Waals surface area contributed by atoms with Gasteiger partial charge >= 0.3 is 6.03 Å². The Bertz CT molecular complexity index is 1120. The number of pyridine rings is 1. The number of H-pyrrole nitrogens is 1. The molecule has 2 N–H and O–H groups in total. The van der Waals surface area contributed by atoms with Crippen LogP contribution in [0.1, 0.15) is 23.3 Å². The Morgan fingerprint density at radius 1 is 1.17 bits per heavy atom. The Labute approximate surface area is 165 Å². The van der Waals surface area contributed by atoms with Crippen molar-refractivity contribution in [2.75, 3.05) is 5.32 Å². The maximum Gasteiger partial charge on any atom is 0.322 e. The highest BCUT2D eigenvalue weighted by Crippen LogP contribution is 2.32. The highest BCUT2D eigenvalue weighted by Gasteiger charge is 2.36. The highest BCUT2D eigenvalue weighted by molar-refractivity contribution is 5.89. The maximum absolute atomic E-state index is 13.0. The number of amides is 2. The molecule has 0 saturated heterocycles. The number of carbonyl (C=O) groups is 1. The number of hydrogen-bond donors (Lipinski definition) is 2. The molecule has 1 unspecified atom stereocenters. The van der Waals surface area contributed by atoms with Crippen molar-refractivity contribution in [2.24, 2.45) is 0 Å². The number of urea groups is 1. The molecule has 3 aromatic heterocycles. The fourth-order valence-corrected chi connectivity index (χ4v) is 3.38. The Hall–Kier alpha value is -4.01. The monoisotopic (exact) mass is 387 g/mol. The molecule has 1 atom stereocenters. The van der Waals surface area contributed by atoms with Crippen LogP contribution in [0.15, 0.2) is 65.7 Å². The van der Waals surface area contributed by atoms with Crippen LogP contribution in [0.5, 0.6) is 0 Å². The van der Waals surface area contributed by atoms with Crippen molar-refractivity contribution in [3.8, 4) is 11.4 Å². The van der Waals surface area contributed by atoms with E-state index in [1.807, 2.05) is 30.3 Å². The van der Waals surface area contributed by atoms with Gasteiger partial charge in [-0.05, 0) is 24.3 Å². The van der Waals surface area contributed by atoms with Gasteiger partial charge in [-0.3, -0.25) is 4.98 Å². The van der Waals surface area contributed by atoms with Gasteiger partial charge < -0.3 is 19.7 Å². The van der Waals surface area contributed by atoms with Crippen LogP contribution in [0.2, 0.25) is 0 Å². The number of imidazole rings is 1. The minimum absolute atomic E-state index is 0.245. The molecule has 29 heavy (non-hydrogen) atoms. The van der Waals surface area contributed by atoms with Crippen molar-refractivity contribution in [3.63, 3.8) is 0 Å². The maximum atomic E-state index is 13.0. The number of aromatic amines is 1. The Kier molecular flexibility index (Phi) is 4.24. The molecule has 1 aliphatic rings. The van der Waals surface area contributed by atoms with Gasteiger partial charge in [-0.2, -0.15) is 4.98 Å². The van der Waals surface area contributed by atoms with Gasteiger partial charge in [0, 0.05) is 30.1 Å². The van der Waals surface area contributed by atoms with Crippen molar-refractivity contribution in [1.29, 1.82) is 0 Å². The molecule has 0 bridgehead atoms. The molecule has 5 rings (SSSR count). The first kappa shape index (κ1) is 17.1. The van der Waals surface area contributed by atoms with Crippen LogP contribution in [0.3, 0.4) is 0 Å². The van der Waals surface area contributed by atoms with Crippen molar-refractivity contribution in [3.05, 3.63) is 78.5 Å². The van der Waals surface area contributed by atoms with Crippen LogP contribution in [0.4, 0.5) is 10.5 Å². The van der Waals surface area contributed by atoms with Crippen molar-refractivity contribution in [2.45, 2.75) is 19.0 Å². The zero-order valence-corrected chi connectivity index (χ0v) is 15.3. The van der Waals surface area contributed by atoms with E-state index in [1.54, 1.807) is 35.8 Å². The summed E-state index contributed by atoms with van der Waals surface area (Å²) >= 11 is 0. The molecule has 0 fully saturated rings. The molecule has 9 heteroatoms. The first-order valence-electron chi connectivity index (χ1n) is 9.16. The lowest BCUT2D eigenvalue weighted by molar-refractivity contribution is 0.155. The average molecular weight is 387 g/mol. The number of para-hydroxylation sites is 1. The third-order valence-electron chi connectivity index (χ3n) is 4.85. The Morgan fingerprint density at radius 3 is 2.83 bits per heavy atom. The molecule has 1 aromatic carbocycles. The topological polar surface area (TPSA) is 113 Å². The second kappa shape index (κ2) is 7.19. The number of nitrogens with zero attached hydrogens (tertiary/aromatic N) is 5. The van der Waals surface area contributed by atoms with E-state index in [2.05, 4.69) is 30.4 Å². The van der Waals surface area contributed by atoms with E-state index in [0.29, 0.717) is 24.7 Å². The molecule has 0 aliphatic carbocycles. The SMILES string of the molecule is O=C(Nc1ccccc1)N1Cc2[nH]cnc2CC1c1nc(-c2ccncc2)no1. The zero-order chi connectivity index (χ0) is 19.6. The third kappa shape index (κ3) is 3.33. The molecular formula is C20H17N7O2. The molecule has 2 amide bonds. The normalized spacial score (nSPS) is 15.7. The van der Waals surface area contributed by atoms with Crippen LogP contribution >= 0.6 is 0 Å². The molecule has 9 nitrogen and oxygen atoms in total. The molecular weight excluding hydrogens is 370 g/mol. The van der Waals surface area contributed by atoms with Gasteiger partial charge in [0.05, 0.1) is 24.3 Å². The zero-order valence-electron chi connectivity index (χ0n) is 15.3. The van der Waals surface area contributed by atoms with E-state index >= 15 is 0 Å². The standard InChI is InChI=1S/C20H17N7O2/c28-20(24-14-4-2-1-3-5-14)27-11-16-15(22-12-23-16)10-17(27)19-25-18(26-29-19)13-6-8-21-9-7-13/h1-9,12,17H,10-11H2,(H,22,23)(H,24,28). The van der Waals surface area contributed by atoms with Crippen LogP contribution in [0, 0.1) is 0 Å². The van der Waals surface area contributed by atoms with E-state index in [0.717, 1.165) is 22.6 Å². The Morgan fingerprint density at radius 2 is 2.00 bits per heavy atom. The van der Waals surface area contributed by atoms with Crippen LogP contribution in [-0.2, 0) is 13.0 Å². The molecule has 4 aromatic rings. The van der Waals surface area contributed by atoms with Crippen molar-refractivity contribution < 1.29 is 9.32 Å². The fourth-order valence-electron chi connectivity index (χ4n) is 3.38. The number of nitrogens with one attached hydrogen (secondary N) is 2. The van der Waals surface area contributed by atoms with Gasteiger partial charge in [0.25, 0.3) is 0 Å². The van der Waals surface area contributed by atoms with Crippen molar-refractivity contribution >= 4 is 11.7 Å². The summed E-state index contributed by atoms with van der Waals surface area (Å²) in [6.45, 7) is 0.367. The lowest BCUT2D eigenvalue weighted by Crippen LogP contribution is -2.41. The molecule has 1 aliphatic heterocycles. The lowest BCUT2D eigenvalue weighted by atomic mass is 10.0. The summed E-state index contributed by atoms with van der Waals surface area (Å²) in [7, 11) is 0. The van der Waals surface area contributed by atoms with Gasteiger partial charge in [-0.15, -0.1) is 0 Å². The van der Waals surface area contributed by atoms with Crippen LogP contribution in [0.25, 0.3) is 11.4 Å². The number of anilines is 1. The predicted octanol–water partition coefficient (Wildman–Crippen LogP) is 3.19. The summed E-state index contributed by atoms with van der Waals surface area (Å²) in [5.74, 6) is 0.826. The minimum Gasteiger partial charge on any atom is -0.347 e. The fraction of sp³-hybridized carbons (Fsp3) is 0.150. The summed E-state index contributed by atoms with van der Waals surface area (Å²) in [6.07, 6.45) is 5.46. The lowest BCUT2D eigenvalue weighted by Gasteiger charge is -2.32. The predicted molar refractivity (Wildman–Crippen MR) is 104 cm³/mol. The van der Waals surface area contributed by atoms with Gasteiger partial charge in [-0.25, -0.2) is 9.78 Å². The molecule has 4 heterocycles. The first-order valence-corrected chi connectivity index (χ1v) is 9.16. The number of carbonyl (C=O) groups excluding carboxylic acids is 1. The van der Waals surface area contributed by atoms with Gasteiger partial charge in [-0.1, -0.05) is 23.4 Å². The van der Waals surface area contributed by atoms with E-state index in [4.69, 9.17) is 4.52 Å². The first-order chi connectivity index (χ1) is 14.3. The van der Waals surface area contributed by atoms with E-state index in [1.165, 1.54) is 0 Å². The summed E-state index contributed by atoms with van der Waals surface area (Å²) in [5, 5.41) is 7.01. The average Bonchev–Trinajstić information content (AvgIpc) is 3.43. The third-order valence-corrected chi connectivity index (χ3v) is 4.85. The summed E-state index contributed by atoms with van der Waals surface area (Å²) in [6, 6.07) is 12.3. The van der Waals surface area contributed by atoms with Gasteiger partial charge in [0.2, 0.25) is 11.7 Å². The molecule has 0 saturated carbocycles. The highest BCUT2D eigenvalue weighted by atomic mass is 16.5. The van der Waals surface area contributed by atoms with E-state index < -0.39 is 6.04 Å². The number of rotatable bonds is 3. The van der Waals surface area contributed by atoms with Crippen LogP contribution < -0.4 is 5.32 Å². The van der Waals surface area contributed by atoms with Crippen molar-refractivity contribution in [1.82, 2.24) is 30.0 Å². The number of aromatic nitrogens is 5. The second-order valence-corrected chi connectivity index (χ2v) is 6.66. The van der Waals surface area contributed by atoms with E-state index in [-0.39, 0.29) is 6.03 Å². The minimum atomic E-state index is -0.419. The number of benzene rings is 1. The number of hydrogen-bond acceptors (Lipinski definition) is 6. The largest absolute Gasteiger partial charge is 0.347 e. The van der Waals surface area contributed by atoms with Gasteiger partial charge in [0.1, 0.15) is 6.04 Å². The summed E-state index contributed by atoms with van der Waals surface area (Å²) in [4.78, 5) is 30.7. The van der Waals surface area contributed by atoms with E-state index in [9.17, 15) is 4.79 Å². The molecule has 0 spiro atoms. The Balaban J connectivity index is 1.46. The van der Waals surface area contributed by atoms with Gasteiger partial charge in [0.15, 0.2) is 0 Å². The number of fused-ring (bicyclic) bond motifs is 1. The summed E-state index contributed by atoms with van der Waals surface area (Å²) in [5.41, 5.74) is 3.31. The smallest absolute Gasteiger partial charge is 0.322 e. The van der Waals surface area contributed by atoms with Crippen LogP contribution in [-0.4, -0.2) is 36.0 Å².